The lowest BCUT2D eigenvalue weighted by atomic mass is 9.79. The van der Waals surface area contributed by atoms with Crippen LogP contribution < -0.4 is 10.6 Å². The van der Waals surface area contributed by atoms with Gasteiger partial charge < -0.3 is 20.4 Å². The molecule has 0 spiro atoms. The van der Waals surface area contributed by atoms with Crippen LogP contribution >= 0.6 is 12.2 Å². The number of thiocarbonyl (C=S) groups is 1. The Kier molecular flexibility index (Phi) is 6.68. The third-order valence-electron chi connectivity index (χ3n) is 6.10. The summed E-state index contributed by atoms with van der Waals surface area (Å²) in [6.45, 7) is 12.4. The zero-order chi connectivity index (χ0) is 20.4. The minimum Gasteiger partial charge on any atom is -0.360 e. The third-order valence-corrected chi connectivity index (χ3v) is 6.46. The Bertz CT molecular complexity index is 634. The molecule has 0 unspecified atom stereocenters. The molecule has 0 saturated carbocycles. The first-order chi connectivity index (χ1) is 13.1. The molecular weight excluding hydrogens is 364 g/mol. The molecule has 3 rings (SSSR count). The standard InChI is InChI=1S/C23H38N4S/c1-22(2)15-19(16-23(3,4)25-22)24-21(28)27(17-18-9-7-6-8-10-18)20-11-13-26(5)14-12-20/h6-10,19-20,25H,11-17H2,1-5H3,(H,24,28). The van der Waals surface area contributed by atoms with E-state index in [1.807, 2.05) is 0 Å². The van der Waals surface area contributed by atoms with Crippen LogP contribution in [0.4, 0.5) is 0 Å². The van der Waals surface area contributed by atoms with E-state index in [1.165, 1.54) is 18.4 Å². The van der Waals surface area contributed by atoms with Crippen LogP contribution in [0.5, 0.6) is 0 Å². The van der Waals surface area contributed by atoms with Crippen LogP contribution in [0.3, 0.4) is 0 Å². The van der Waals surface area contributed by atoms with E-state index in [4.69, 9.17) is 12.2 Å². The van der Waals surface area contributed by atoms with Crippen molar-refractivity contribution in [3.8, 4) is 0 Å². The van der Waals surface area contributed by atoms with E-state index in [0.29, 0.717) is 12.1 Å². The highest BCUT2D eigenvalue weighted by Crippen LogP contribution is 2.29. The van der Waals surface area contributed by atoms with Gasteiger partial charge in [-0.25, -0.2) is 0 Å². The fraction of sp³-hybridized carbons (Fsp3) is 0.696. The maximum absolute atomic E-state index is 6.00. The molecule has 2 aliphatic heterocycles. The van der Waals surface area contributed by atoms with Gasteiger partial charge in [0, 0.05) is 29.7 Å². The summed E-state index contributed by atoms with van der Waals surface area (Å²) >= 11 is 6.00. The Labute approximate surface area is 177 Å². The van der Waals surface area contributed by atoms with Crippen molar-refractivity contribution in [2.24, 2.45) is 0 Å². The third kappa shape index (κ3) is 5.91. The van der Waals surface area contributed by atoms with E-state index in [-0.39, 0.29) is 11.1 Å². The number of piperidine rings is 2. The Hall–Kier alpha value is -1.17. The topological polar surface area (TPSA) is 30.5 Å². The lowest BCUT2D eigenvalue weighted by Gasteiger charge is -2.48. The highest BCUT2D eigenvalue weighted by atomic mass is 32.1. The van der Waals surface area contributed by atoms with E-state index >= 15 is 0 Å². The van der Waals surface area contributed by atoms with E-state index < -0.39 is 0 Å². The van der Waals surface area contributed by atoms with Crippen LogP contribution in [0.1, 0.15) is 58.9 Å². The molecule has 2 fully saturated rings. The van der Waals surface area contributed by atoms with Crippen molar-refractivity contribution >= 4 is 17.3 Å². The molecule has 2 N–H and O–H groups in total. The van der Waals surface area contributed by atoms with Crippen LogP contribution in [-0.2, 0) is 6.54 Å². The first-order valence-electron chi connectivity index (χ1n) is 10.7. The van der Waals surface area contributed by atoms with Gasteiger partial charge >= 0.3 is 0 Å². The number of hydrogen-bond donors (Lipinski definition) is 2. The Morgan fingerprint density at radius 2 is 1.68 bits per heavy atom. The molecule has 28 heavy (non-hydrogen) atoms. The van der Waals surface area contributed by atoms with Gasteiger partial charge in [-0.3, -0.25) is 0 Å². The fourth-order valence-corrected chi connectivity index (χ4v) is 5.52. The second-order valence-electron chi connectivity index (χ2n) is 10.1. The molecule has 0 amide bonds. The average molecular weight is 403 g/mol. The van der Waals surface area contributed by atoms with Gasteiger partial charge in [-0.1, -0.05) is 30.3 Å². The van der Waals surface area contributed by atoms with Gasteiger partial charge in [-0.2, -0.15) is 0 Å². The van der Waals surface area contributed by atoms with Crippen molar-refractivity contribution in [2.75, 3.05) is 20.1 Å². The molecule has 4 nitrogen and oxygen atoms in total. The van der Waals surface area contributed by atoms with Gasteiger partial charge in [0.15, 0.2) is 5.11 Å². The predicted molar refractivity (Wildman–Crippen MR) is 123 cm³/mol. The number of hydrogen-bond acceptors (Lipinski definition) is 3. The first-order valence-corrected chi connectivity index (χ1v) is 11.1. The minimum atomic E-state index is 0.118. The van der Waals surface area contributed by atoms with Crippen molar-refractivity contribution in [2.45, 2.75) is 83.1 Å². The molecule has 5 heteroatoms. The largest absolute Gasteiger partial charge is 0.360 e. The molecule has 0 atom stereocenters. The number of benzene rings is 1. The van der Waals surface area contributed by atoms with Gasteiger partial charge in [-0.05, 0) is 91.3 Å². The Balaban J connectivity index is 1.72. The smallest absolute Gasteiger partial charge is 0.169 e. The number of nitrogens with one attached hydrogen (secondary N) is 2. The number of nitrogens with zero attached hydrogens (tertiary/aromatic N) is 2. The zero-order valence-corrected chi connectivity index (χ0v) is 19.1. The summed E-state index contributed by atoms with van der Waals surface area (Å²) in [6, 6.07) is 11.7. The highest BCUT2D eigenvalue weighted by molar-refractivity contribution is 7.80. The lowest BCUT2D eigenvalue weighted by molar-refractivity contribution is 0.145. The summed E-state index contributed by atoms with van der Waals surface area (Å²) < 4.78 is 0. The Morgan fingerprint density at radius 3 is 2.25 bits per heavy atom. The maximum Gasteiger partial charge on any atom is 0.169 e. The maximum atomic E-state index is 6.00. The molecule has 0 bridgehead atoms. The van der Waals surface area contributed by atoms with E-state index in [9.17, 15) is 0 Å². The summed E-state index contributed by atoms with van der Waals surface area (Å²) in [6.07, 6.45) is 4.52. The Morgan fingerprint density at radius 1 is 1.11 bits per heavy atom. The van der Waals surface area contributed by atoms with Crippen molar-refractivity contribution in [3.63, 3.8) is 0 Å². The minimum absolute atomic E-state index is 0.118. The lowest BCUT2D eigenvalue weighted by Crippen LogP contribution is -2.63. The molecule has 156 valence electrons. The zero-order valence-electron chi connectivity index (χ0n) is 18.3. The number of rotatable bonds is 4. The highest BCUT2D eigenvalue weighted by Gasteiger charge is 2.38. The van der Waals surface area contributed by atoms with Gasteiger partial charge in [-0.15, -0.1) is 0 Å². The molecule has 2 aliphatic rings. The molecular formula is C23H38N4S. The molecule has 2 heterocycles. The molecule has 1 aromatic rings. The second-order valence-corrected chi connectivity index (χ2v) is 10.5. The van der Waals surface area contributed by atoms with Crippen LogP contribution in [0.15, 0.2) is 30.3 Å². The SMILES string of the molecule is CN1CCC(N(Cc2ccccc2)C(=S)NC2CC(C)(C)NC(C)(C)C2)CC1. The van der Waals surface area contributed by atoms with Crippen molar-refractivity contribution in [3.05, 3.63) is 35.9 Å². The number of likely N-dealkylation sites (tertiary alicyclic amines) is 1. The van der Waals surface area contributed by atoms with Gasteiger partial charge in [0.25, 0.3) is 0 Å². The molecule has 1 aromatic carbocycles. The predicted octanol–water partition coefficient (Wildman–Crippen LogP) is 3.77. The summed E-state index contributed by atoms with van der Waals surface area (Å²) in [7, 11) is 2.22. The van der Waals surface area contributed by atoms with Gasteiger partial charge in [0.1, 0.15) is 0 Å². The summed E-state index contributed by atoms with van der Waals surface area (Å²) in [5.74, 6) is 0. The van der Waals surface area contributed by atoms with Crippen LogP contribution in [0.2, 0.25) is 0 Å². The first kappa shape index (κ1) is 21.5. The molecule has 0 aromatic heterocycles. The van der Waals surface area contributed by atoms with E-state index in [1.54, 1.807) is 0 Å². The average Bonchev–Trinajstić information content (AvgIpc) is 2.58. The van der Waals surface area contributed by atoms with Crippen LogP contribution in [-0.4, -0.2) is 58.2 Å². The quantitative estimate of drug-likeness (QED) is 0.749. The fourth-order valence-electron chi connectivity index (χ4n) is 5.14. The van der Waals surface area contributed by atoms with Crippen molar-refractivity contribution < 1.29 is 0 Å². The monoisotopic (exact) mass is 402 g/mol. The summed E-state index contributed by atoms with van der Waals surface area (Å²) in [4.78, 5) is 4.88. The van der Waals surface area contributed by atoms with Gasteiger partial charge in [0.05, 0.1) is 0 Å². The molecule has 0 radical (unpaired) electrons. The van der Waals surface area contributed by atoms with E-state index in [0.717, 1.165) is 37.6 Å². The normalized spacial score (nSPS) is 23.3. The van der Waals surface area contributed by atoms with Crippen LogP contribution in [0, 0.1) is 0 Å². The van der Waals surface area contributed by atoms with Crippen molar-refractivity contribution in [1.29, 1.82) is 0 Å². The summed E-state index contributed by atoms with van der Waals surface area (Å²) in [5, 5.41) is 8.46. The van der Waals surface area contributed by atoms with E-state index in [2.05, 4.69) is 85.5 Å². The van der Waals surface area contributed by atoms with Crippen molar-refractivity contribution in [1.82, 2.24) is 20.4 Å². The van der Waals surface area contributed by atoms with Crippen LogP contribution in [0.25, 0.3) is 0 Å². The second kappa shape index (κ2) is 8.68. The van der Waals surface area contributed by atoms with Gasteiger partial charge in [0.2, 0.25) is 0 Å². The molecule has 2 saturated heterocycles. The summed E-state index contributed by atoms with van der Waals surface area (Å²) in [5.41, 5.74) is 1.57. The molecule has 0 aliphatic carbocycles.